The summed E-state index contributed by atoms with van der Waals surface area (Å²) in [7, 11) is 0. The third-order valence-corrected chi connectivity index (χ3v) is 14.4. The van der Waals surface area contributed by atoms with Crippen LogP contribution in [0.5, 0.6) is 0 Å². The predicted octanol–water partition coefficient (Wildman–Crippen LogP) is 18.3. The monoisotopic (exact) mass is 1030 g/mol. The lowest BCUT2D eigenvalue weighted by atomic mass is 9.97. The molecule has 0 bridgehead atoms. The number of rotatable bonds is 12. The van der Waals surface area contributed by atoms with Gasteiger partial charge in [0.15, 0.2) is 0 Å². The van der Waals surface area contributed by atoms with Crippen LogP contribution in [0.4, 0.5) is 0 Å². The lowest BCUT2D eigenvalue weighted by molar-refractivity contribution is 1.10. The van der Waals surface area contributed by atoms with Crippen molar-refractivity contribution in [3.8, 4) is 135 Å². The van der Waals surface area contributed by atoms with Gasteiger partial charge in [0.05, 0.1) is 45.6 Å². The Morgan fingerprint density at radius 2 is 0.400 bits per heavy atom. The average Bonchev–Trinajstić information content (AvgIpc) is 4.44. The van der Waals surface area contributed by atoms with Crippen molar-refractivity contribution in [2.75, 3.05) is 0 Å². The van der Waals surface area contributed by atoms with Crippen LogP contribution < -0.4 is 0 Å². The average molecular weight is 1030 g/mol. The summed E-state index contributed by atoms with van der Waals surface area (Å²) >= 11 is 0. The van der Waals surface area contributed by atoms with E-state index in [0.717, 1.165) is 90.1 Å². The van der Waals surface area contributed by atoms with Gasteiger partial charge in [-0.3, -0.25) is 20.4 Å². The molecule has 0 aliphatic heterocycles. The Kier molecular flexibility index (Phi) is 13.6. The number of benzene rings is 10. The Balaban J connectivity index is 0.000000151. The molecule has 8 nitrogen and oxygen atoms in total. The highest BCUT2D eigenvalue weighted by atomic mass is 15.1. The maximum atomic E-state index is 4.68. The van der Waals surface area contributed by atoms with E-state index in [1.165, 1.54) is 44.5 Å². The van der Waals surface area contributed by atoms with Crippen LogP contribution in [0.2, 0.25) is 0 Å². The number of aromatic nitrogens is 8. The molecule has 0 saturated heterocycles. The van der Waals surface area contributed by atoms with Gasteiger partial charge in [-0.2, -0.15) is 20.4 Å². The van der Waals surface area contributed by atoms with Gasteiger partial charge < -0.3 is 0 Å². The molecule has 380 valence electrons. The number of hydrogen-bond donors (Lipinski definition) is 4. The highest BCUT2D eigenvalue weighted by Gasteiger charge is 2.16. The summed E-state index contributed by atoms with van der Waals surface area (Å²) < 4.78 is 0. The summed E-state index contributed by atoms with van der Waals surface area (Å²) in [5.74, 6) is 0. The van der Waals surface area contributed by atoms with Crippen molar-refractivity contribution in [3.05, 3.63) is 291 Å². The lowest BCUT2D eigenvalue weighted by Crippen LogP contribution is -1.84. The summed E-state index contributed by atoms with van der Waals surface area (Å²) in [6, 6.07) is 101. The summed E-state index contributed by atoms with van der Waals surface area (Å²) in [6.07, 6.45) is 0. The highest BCUT2D eigenvalue weighted by Crippen LogP contribution is 2.37. The molecule has 0 unspecified atom stereocenters. The fourth-order valence-electron chi connectivity index (χ4n) is 10.3. The van der Waals surface area contributed by atoms with Gasteiger partial charge in [-0.15, -0.1) is 0 Å². The van der Waals surface area contributed by atoms with Gasteiger partial charge in [-0.25, -0.2) is 0 Å². The first-order valence-corrected chi connectivity index (χ1v) is 26.7. The van der Waals surface area contributed by atoms with Gasteiger partial charge in [-0.05, 0) is 93.0 Å². The molecule has 14 rings (SSSR count). The largest absolute Gasteiger partial charge is 0.277 e. The highest BCUT2D eigenvalue weighted by molar-refractivity contribution is 5.86. The van der Waals surface area contributed by atoms with Gasteiger partial charge in [-0.1, -0.05) is 243 Å². The van der Waals surface area contributed by atoms with E-state index in [9.17, 15) is 0 Å². The van der Waals surface area contributed by atoms with Crippen molar-refractivity contribution in [1.82, 2.24) is 40.8 Å². The molecule has 4 N–H and O–H groups in total. The third kappa shape index (κ3) is 10.5. The van der Waals surface area contributed by atoms with Crippen molar-refractivity contribution < 1.29 is 0 Å². The lowest BCUT2D eigenvalue weighted by Gasteiger charge is -2.07. The Bertz CT molecular complexity index is 4090. The van der Waals surface area contributed by atoms with Crippen LogP contribution in [0.3, 0.4) is 0 Å². The predicted molar refractivity (Wildman–Crippen MR) is 327 cm³/mol. The van der Waals surface area contributed by atoms with Crippen molar-refractivity contribution in [1.29, 1.82) is 0 Å². The number of nitrogens with one attached hydrogen (secondary N) is 4. The molecule has 0 saturated carbocycles. The van der Waals surface area contributed by atoms with E-state index in [1.807, 2.05) is 24.3 Å². The van der Waals surface area contributed by atoms with Crippen LogP contribution in [-0.2, 0) is 0 Å². The first kappa shape index (κ1) is 48.7. The molecule has 80 heavy (non-hydrogen) atoms. The summed E-state index contributed by atoms with van der Waals surface area (Å²) in [4.78, 5) is 0. The smallest absolute Gasteiger partial charge is 0.0927 e. The maximum Gasteiger partial charge on any atom is 0.0927 e. The van der Waals surface area contributed by atoms with Crippen LogP contribution in [0, 0.1) is 0 Å². The SMILES string of the molecule is c1ccc(-c2cccc(-c3cc(-c4cccc(-c5cc(-c6cccc(-c7ccccc7)c6)[nH]n5)c4)n[nH]3)c2)cc1.c1ccc(-c2ccccc2-c2cc(-c3cccc(-c4cc(-c5ccccc5-c5ccccc5)[nH]n4)c3)n[nH]2)cc1. The van der Waals surface area contributed by atoms with Crippen molar-refractivity contribution >= 4 is 0 Å². The van der Waals surface area contributed by atoms with Crippen LogP contribution >= 0.6 is 0 Å². The van der Waals surface area contributed by atoms with Gasteiger partial charge in [0.25, 0.3) is 0 Å². The first-order chi connectivity index (χ1) is 39.6. The fraction of sp³-hybridized carbons (Fsp3) is 0. The Morgan fingerprint density at radius 3 is 0.750 bits per heavy atom. The number of aromatic amines is 4. The molecular weight excluding hydrogens is 977 g/mol. The Hall–Kier alpha value is -11.0. The second kappa shape index (κ2) is 22.3. The van der Waals surface area contributed by atoms with E-state index >= 15 is 0 Å². The van der Waals surface area contributed by atoms with E-state index in [4.69, 9.17) is 0 Å². The molecule has 8 heteroatoms. The Labute approximate surface area is 464 Å². The molecule has 0 atom stereocenters. The van der Waals surface area contributed by atoms with E-state index < -0.39 is 0 Å². The number of nitrogens with zero attached hydrogens (tertiary/aromatic N) is 4. The molecule has 4 heterocycles. The van der Waals surface area contributed by atoms with Crippen molar-refractivity contribution in [2.45, 2.75) is 0 Å². The zero-order chi connectivity index (χ0) is 53.5. The summed E-state index contributed by atoms with van der Waals surface area (Å²) in [6.45, 7) is 0. The normalized spacial score (nSPS) is 11.0. The minimum Gasteiger partial charge on any atom is -0.277 e. The van der Waals surface area contributed by atoms with Crippen LogP contribution in [0.25, 0.3) is 135 Å². The minimum absolute atomic E-state index is 0.893. The molecule has 0 fully saturated rings. The third-order valence-electron chi connectivity index (χ3n) is 14.4. The van der Waals surface area contributed by atoms with Gasteiger partial charge in [0, 0.05) is 44.5 Å². The molecule has 0 radical (unpaired) electrons. The van der Waals surface area contributed by atoms with E-state index in [1.54, 1.807) is 0 Å². The van der Waals surface area contributed by atoms with E-state index in [2.05, 4.69) is 308 Å². The van der Waals surface area contributed by atoms with Gasteiger partial charge in [0.2, 0.25) is 0 Å². The summed E-state index contributed by atoms with van der Waals surface area (Å²) in [5, 5.41) is 31.6. The molecule has 14 aromatic rings. The van der Waals surface area contributed by atoms with Crippen molar-refractivity contribution in [3.63, 3.8) is 0 Å². The number of H-pyrrole nitrogens is 4. The van der Waals surface area contributed by atoms with Gasteiger partial charge >= 0.3 is 0 Å². The molecule has 0 amide bonds. The Morgan fingerprint density at radius 1 is 0.163 bits per heavy atom. The molecule has 0 aliphatic carbocycles. The zero-order valence-electron chi connectivity index (χ0n) is 43.5. The van der Waals surface area contributed by atoms with Crippen LogP contribution in [0.1, 0.15) is 0 Å². The molecule has 0 aliphatic rings. The van der Waals surface area contributed by atoms with E-state index in [0.29, 0.717) is 0 Å². The van der Waals surface area contributed by atoms with Crippen molar-refractivity contribution in [2.24, 2.45) is 0 Å². The molecular formula is C72H52N8. The maximum absolute atomic E-state index is 4.68. The zero-order valence-corrected chi connectivity index (χ0v) is 43.5. The quantitative estimate of drug-likeness (QED) is 0.0976. The minimum atomic E-state index is 0.893. The second-order valence-electron chi connectivity index (χ2n) is 19.5. The standard InChI is InChI=1S/2C36H26N4/c1-3-10-25(11-4-1)27-14-7-16-29(20-27)33-23-35(39-37-33)31-18-9-19-32(22-31)36-24-34(38-40-36)30-17-8-15-28(21-30)26-12-5-2-6-13-26;1-3-12-25(13-4-1)29-18-7-9-20-31(29)35-23-33(37-39-35)27-16-11-17-28(22-27)34-24-36(40-38-34)32-21-10-8-19-30(32)26-14-5-2-6-15-26/h2*1-24H,(H,37,39)(H,38,40). The molecule has 10 aromatic carbocycles. The number of hydrogen-bond acceptors (Lipinski definition) is 4. The molecule has 4 aromatic heterocycles. The van der Waals surface area contributed by atoms with E-state index in [-0.39, 0.29) is 0 Å². The summed E-state index contributed by atoms with van der Waals surface area (Å²) in [5.41, 5.74) is 25.6. The second-order valence-corrected chi connectivity index (χ2v) is 19.5. The van der Waals surface area contributed by atoms with Crippen LogP contribution in [0.15, 0.2) is 291 Å². The molecule has 0 spiro atoms. The first-order valence-electron chi connectivity index (χ1n) is 26.7. The van der Waals surface area contributed by atoms with Gasteiger partial charge in [0.1, 0.15) is 0 Å². The topological polar surface area (TPSA) is 115 Å². The fourth-order valence-corrected chi connectivity index (χ4v) is 10.3. The van der Waals surface area contributed by atoms with Crippen LogP contribution in [-0.4, -0.2) is 40.8 Å².